The van der Waals surface area contributed by atoms with Crippen LogP contribution >= 0.6 is 0 Å². The topological polar surface area (TPSA) is 60.4 Å². The lowest BCUT2D eigenvalue weighted by atomic mass is 9.92. The van der Waals surface area contributed by atoms with Crippen molar-refractivity contribution in [2.45, 2.75) is 58.1 Å². The molecule has 1 aliphatic heterocycles. The van der Waals surface area contributed by atoms with E-state index in [-0.39, 0.29) is 11.1 Å². The molecule has 0 unspecified atom stereocenters. The summed E-state index contributed by atoms with van der Waals surface area (Å²) in [6.45, 7) is 15.0. The monoisotopic (exact) mass is 346 g/mol. The lowest BCUT2D eigenvalue weighted by Crippen LogP contribution is -2.66. The Labute approximate surface area is 130 Å². The molecule has 0 saturated carbocycles. The fourth-order valence-corrected chi connectivity index (χ4v) is 2.55. The molecular formula is C13H25F3N2O3S. The van der Waals surface area contributed by atoms with E-state index in [4.69, 9.17) is 13.0 Å². The molecule has 22 heavy (non-hydrogen) atoms. The van der Waals surface area contributed by atoms with Crippen LogP contribution < -0.4 is 0 Å². The van der Waals surface area contributed by atoms with Crippen molar-refractivity contribution in [2.75, 3.05) is 13.7 Å². The third-order valence-electron chi connectivity index (χ3n) is 3.70. The Morgan fingerprint density at radius 3 is 1.45 bits per heavy atom. The summed E-state index contributed by atoms with van der Waals surface area (Å²) in [5.41, 5.74) is -5.15. The van der Waals surface area contributed by atoms with E-state index >= 15 is 0 Å². The van der Waals surface area contributed by atoms with Crippen molar-refractivity contribution in [2.24, 2.45) is 0 Å². The second kappa shape index (κ2) is 6.01. The van der Waals surface area contributed by atoms with Crippen molar-refractivity contribution in [1.29, 1.82) is 0 Å². The highest BCUT2D eigenvalue weighted by Gasteiger charge is 2.50. The summed E-state index contributed by atoms with van der Waals surface area (Å²) in [6, 6.07) is 0. The van der Waals surface area contributed by atoms with E-state index in [1.807, 2.05) is 0 Å². The number of halogens is 3. The molecule has 0 radical (unpaired) electrons. The Bertz CT molecular complexity index is 500. The first kappa shape index (κ1) is 21.2. The number of rotatable bonds is 0. The molecule has 0 saturated heterocycles. The number of quaternary nitrogens is 1. The van der Waals surface area contributed by atoms with E-state index in [0.29, 0.717) is 0 Å². The summed E-state index contributed by atoms with van der Waals surface area (Å²) in [7, 11) is -3.94. The molecule has 132 valence electrons. The first-order valence-corrected chi connectivity index (χ1v) is 8.06. The molecule has 1 aliphatic rings. The molecule has 0 aromatic heterocycles. The number of hydrogen-bond donors (Lipinski definition) is 0. The van der Waals surface area contributed by atoms with E-state index in [2.05, 4.69) is 65.9 Å². The van der Waals surface area contributed by atoms with E-state index < -0.39 is 15.6 Å². The van der Waals surface area contributed by atoms with Gasteiger partial charge in [0.2, 0.25) is 0 Å². The average Bonchev–Trinajstić information content (AvgIpc) is 2.57. The second-order valence-electron chi connectivity index (χ2n) is 7.31. The van der Waals surface area contributed by atoms with Gasteiger partial charge in [0.05, 0.1) is 17.3 Å². The minimum Gasteiger partial charge on any atom is -0.741 e. The number of hydrogen-bond acceptors (Lipinski definition) is 4. The predicted octanol–water partition coefficient (Wildman–Crippen LogP) is 2.83. The smallest absolute Gasteiger partial charge is 0.485 e. The molecule has 0 aliphatic carbocycles. The van der Waals surface area contributed by atoms with Crippen LogP contribution in [0.5, 0.6) is 0 Å². The Hall–Kier alpha value is -0.800. The van der Waals surface area contributed by atoms with Gasteiger partial charge in [-0.25, -0.2) is 8.42 Å². The van der Waals surface area contributed by atoms with E-state index in [0.717, 1.165) is 11.2 Å². The quantitative estimate of drug-likeness (QED) is 0.384. The third-order valence-corrected chi connectivity index (χ3v) is 4.27. The van der Waals surface area contributed by atoms with Gasteiger partial charge in [-0.3, -0.25) is 4.48 Å². The average molecular weight is 346 g/mol. The van der Waals surface area contributed by atoms with Gasteiger partial charge >= 0.3 is 5.51 Å². The van der Waals surface area contributed by atoms with E-state index in [9.17, 15) is 13.2 Å². The summed E-state index contributed by atoms with van der Waals surface area (Å²) in [5.74, 6) is 0. The van der Waals surface area contributed by atoms with Crippen LogP contribution in [-0.4, -0.2) is 52.7 Å². The van der Waals surface area contributed by atoms with Crippen molar-refractivity contribution in [3.63, 3.8) is 0 Å². The molecule has 0 aromatic rings. The van der Waals surface area contributed by atoms with E-state index in [1.54, 1.807) is 0 Å². The van der Waals surface area contributed by atoms with Gasteiger partial charge in [-0.2, -0.15) is 13.2 Å². The summed E-state index contributed by atoms with van der Waals surface area (Å²) in [6.07, 6.45) is 4.55. The molecule has 0 N–H and O–H groups in total. The largest absolute Gasteiger partial charge is 0.741 e. The zero-order chi connectivity index (χ0) is 18.2. The number of nitrogens with zero attached hydrogens (tertiary/aromatic N) is 2. The Morgan fingerprint density at radius 1 is 1.05 bits per heavy atom. The van der Waals surface area contributed by atoms with Gasteiger partial charge in [-0.15, -0.1) is 0 Å². The molecule has 5 nitrogen and oxygen atoms in total. The molecule has 0 atom stereocenters. The van der Waals surface area contributed by atoms with Gasteiger partial charge in [-0.05, 0) is 41.5 Å². The molecular weight excluding hydrogens is 321 g/mol. The van der Waals surface area contributed by atoms with Crippen molar-refractivity contribution in [1.82, 2.24) is 4.90 Å². The second-order valence-corrected chi connectivity index (χ2v) is 8.68. The van der Waals surface area contributed by atoms with Crippen LogP contribution in [0.15, 0.2) is 12.4 Å². The van der Waals surface area contributed by atoms with Crippen LogP contribution in [-0.2, 0) is 10.1 Å². The maximum Gasteiger partial charge on any atom is 0.485 e. The van der Waals surface area contributed by atoms with E-state index in [1.165, 1.54) is 0 Å². The Kier molecular flexibility index (Phi) is 5.79. The van der Waals surface area contributed by atoms with Gasteiger partial charge in [0, 0.05) is 7.05 Å². The molecule has 0 fully saturated rings. The fraction of sp³-hybridized carbons (Fsp3) is 0.846. The number of alkyl halides is 3. The molecule has 1 rings (SSSR count). The third kappa shape index (κ3) is 4.60. The molecule has 0 aromatic carbocycles. The lowest BCUT2D eigenvalue weighted by Gasteiger charge is -2.52. The van der Waals surface area contributed by atoms with Crippen LogP contribution in [0, 0.1) is 0 Å². The molecule has 0 spiro atoms. The zero-order valence-corrected chi connectivity index (χ0v) is 14.8. The molecule has 9 heteroatoms. The maximum absolute atomic E-state index is 10.7. The van der Waals surface area contributed by atoms with Gasteiger partial charge in [0.25, 0.3) is 0 Å². The van der Waals surface area contributed by atoms with Crippen LogP contribution in [0.2, 0.25) is 0 Å². The highest BCUT2D eigenvalue weighted by Crippen LogP contribution is 2.38. The lowest BCUT2D eigenvalue weighted by molar-refractivity contribution is -0.968. The fourth-order valence-electron chi connectivity index (χ4n) is 2.55. The predicted molar refractivity (Wildman–Crippen MR) is 77.3 cm³/mol. The van der Waals surface area contributed by atoms with Crippen LogP contribution in [0.4, 0.5) is 13.2 Å². The first-order valence-electron chi connectivity index (χ1n) is 6.65. The van der Waals surface area contributed by atoms with Crippen LogP contribution in [0.3, 0.4) is 0 Å². The highest BCUT2D eigenvalue weighted by molar-refractivity contribution is 7.86. The summed E-state index contributed by atoms with van der Waals surface area (Å²) < 4.78 is 59.9. The minimum absolute atomic E-state index is 0.250. The summed E-state index contributed by atoms with van der Waals surface area (Å²) in [4.78, 5) is 2.27. The summed E-state index contributed by atoms with van der Waals surface area (Å²) in [5, 5.41) is 0. The highest BCUT2D eigenvalue weighted by atomic mass is 32.2. The normalized spacial score (nSPS) is 19.0. The van der Waals surface area contributed by atoms with Crippen molar-refractivity contribution in [3.05, 3.63) is 12.4 Å². The Morgan fingerprint density at radius 2 is 1.36 bits per heavy atom. The van der Waals surface area contributed by atoms with Gasteiger partial charge in [-0.1, -0.05) is 0 Å². The van der Waals surface area contributed by atoms with Crippen molar-refractivity contribution < 1.29 is 30.6 Å². The minimum atomic E-state index is -6.09. The van der Waals surface area contributed by atoms with Gasteiger partial charge in [0.15, 0.2) is 16.8 Å². The zero-order valence-electron chi connectivity index (χ0n) is 14.0. The maximum atomic E-state index is 10.7. The Balaban J connectivity index is 0.000000472. The van der Waals surface area contributed by atoms with Crippen molar-refractivity contribution in [3.8, 4) is 0 Å². The molecule has 0 amide bonds. The van der Waals surface area contributed by atoms with Gasteiger partial charge < -0.3 is 9.45 Å². The van der Waals surface area contributed by atoms with Crippen molar-refractivity contribution >= 4 is 10.1 Å². The first-order chi connectivity index (χ1) is 9.35. The standard InChI is InChI=1S/C12H25N2.CHF3O3S/c1-11(2,3)14(12(4,5)6)9-8-13(7)10-14;2-1(3,4)8(5,6)7/h8-9H,10H2,1-7H3;(H,5,6,7)/q+1;/p-1. The SMILES string of the molecule is CN1C=C[N+](C(C)(C)C)(C(C)(C)C)C1.O=S(=O)([O-])C(F)(F)F. The molecule has 1 heterocycles. The van der Waals surface area contributed by atoms with Gasteiger partial charge in [0.1, 0.15) is 6.20 Å². The molecule has 0 bridgehead atoms. The summed E-state index contributed by atoms with van der Waals surface area (Å²) >= 11 is 0. The van der Waals surface area contributed by atoms with Crippen LogP contribution in [0.25, 0.3) is 0 Å². The van der Waals surface area contributed by atoms with Crippen LogP contribution in [0.1, 0.15) is 41.5 Å².